The van der Waals surface area contributed by atoms with Crippen LogP contribution in [0.2, 0.25) is 0 Å². The molecule has 0 aromatic carbocycles. The van der Waals surface area contributed by atoms with E-state index in [1.54, 1.807) is 7.05 Å². The number of hydrogen-bond acceptors (Lipinski definition) is 7. The standard InChI is InChI=1S/C8H14N2O4S/c1-9-8-10-4-6(13)5(12)3(2-11)14-7(4)15-8/h3-7,11-13H,2H2,1H3,(H,9,10)/t3?,4-,5-,6-,7-/m1/s1. The van der Waals surface area contributed by atoms with Gasteiger partial charge >= 0.3 is 0 Å². The zero-order valence-corrected chi connectivity index (χ0v) is 9.02. The van der Waals surface area contributed by atoms with Crippen molar-refractivity contribution in [2.45, 2.75) is 29.8 Å². The summed E-state index contributed by atoms with van der Waals surface area (Å²) in [5, 5.41) is 31.9. The third-order valence-electron chi connectivity index (χ3n) is 2.56. The lowest BCUT2D eigenvalue weighted by Crippen LogP contribution is -2.55. The molecule has 2 aliphatic heterocycles. The average molecular weight is 234 g/mol. The van der Waals surface area contributed by atoms with Crippen LogP contribution in [0.1, 0.15) is 0 Å². The third kappa shape index (κ3) is 1.85. The van der Waals surface area contributed by atoms with Gasteiger partial charge in [-0.1, -0.05) is 11.8 Å². The van der Waals surface area contributed by atoms with E-state index in [9.17, 15) is 10.2 Å². The van der Waals surface area contributed by atoms with Crippen molar-refractivity contribution >= 4 is 16.9 Å². The number of fused-ring (bicyclic) bond motifs is 1. The van der Waals surface area contributed by atoms with Crippen LogP contribution in [0.15, 0.2) is 4.99 Å². The minimum absolute atomic E-state index is 0.309. The second-order valence-electron chi connectivity index (χ2n) is 3.50. The number of aliphatic hydroxyl groups excluding tert-OH is 3. The van der Waals surface area contributed by atoms with Crippen molar-refractivity contribution < 1.29 is 20.1 Å². The summed E-state index contributed by atoms with van der Waals surface area (Å²) >= 11 is 1.35. The molecule has 5 atom stereocenters. The van der Waals surface area contributed by atoms with E-state index in [4.69, 9.17) is 9.84 Å². The molecule has 1 fully saturated rings. The lowest BCUT2D eigenvalue weighted by Gasteiger charge is -2.37. The number of aliphatic imine (C=N–C) groups is 1. The third-order valence-corrected chi connectivity index (χ3v) is 3.71. The molecule has 0 bridgehead atoms. The molecule has 7 heteroatoms. The quantitative estimate of drug-likeness (QED) is 0.424. The normalized spacial score (nSPS) is 44.8. The summed E-state index contributed by atoms with van der Waals surface area (Å²) in [6.45, 7) is -0.309. The van der Waals surface area contributed by atoms with Crippen LogP contribution in [-0.2, 0) is 4.74 Å². The van der Waals surface area contributed by atoms with Crippen molar-refractivity contribution in [1.82, 2.24) is 5.32 Å². The molecule has 0 aromatic rings. The monoisotopic (exact) mass is 234 g/mol. The van der Waals surface area contributed by atoms with Crippen LogP contribution >= 0.6 is 11.8 Å². The topological polar surface area (TPSA) is 94.3 Å². The highest BCUT2D eigenvalue weighted by Gasteiger charge is 2.47. The van der Waals surface area contributed by atoms with Gasteiger partial charge in [0.2, 0.25) is 0 Å². The summed E-state index contributed by atoms with van der Waals surface area (Å²) in [6.07, 6.45) is -2.81. The second-order valence-corrected chi connectivity index (χ2v) is 4.59. The van der Waals surface area contributed by atoms with Gasteiger partial charge in [-0.15, -0.1) is 0 Å². The smallest absolute Gasteiger partial charge is 0.159 e. The molecule has 6 nitrogen and oxygen atoms in total. The van der Waals surface area contributed by atoms with Gasteiger partial charge in [-0.05, 0) is 0 Å². The maximum absolute atomic E-state index is 9.77. The number of nitrogens with one attached hydrogen (secondary N) is 1. The lowest BCUT2D eigenvalue weighted by molar-refractivity contribution is -0.164. The van der Waals surface area contributed by atoms with Gasteiger partial charge in [0.1, 0.15) is 29.8 Å². The number of hydrogen-bond donors (Lipinski definition) is 4. The Balaban J connectivity index is 2.12. The number of amidine groups is 1. The van der Waals surface area contributed by atoms with E-state index in [2.05, 4.69) is 10.3 Å². The Labute approximate surface area is 91.3 Å². The minimum Gasteiger partial charge on any atom is -0.394 e. The molecule has 0 amide bonds. The molecular formula is C8H14N2O4S. The highest BCUT2D eigenvalue weighted by Crippen LogP contribution is 2.35. The Kier molecular flexibility index (Phi) is 3.17. The maximum atomic E-state index is 9.77. The first-order chi connectivity index (χ1) is 7.17. The highest BCUT2D eigenvalue weighted by atomic mass is 32.2. The van der Waals surface area contributed by atoms with E-state index < -0.39 is 24.4 Å². The SMILES string of the molecule is CNC1=N[C@@H]2[C@@H](O)[C@H](O)C(CO)O[C@@H]2S1. The van der Waals surface area contributed by atoms with Crippen molar-refractivity contribution in [1.29, 1.82) is 0 Å². The molecule has 0 saturated carbocycles. The van der Waals surface area contributed by atoms with Crippen molar-refractivity contribution in [3.05, 3.63) is 0 Å². The van der Waals surface area contributed by atoms with Crippen molar-refractivity contribution in [2.75, 3.05) is 13.7 Å². The van der Waals surface area contributed by atoms with Gasteiger partial charge < -0.3 is 25.4 Å². The van der Waals surface area contributed by atoms with E-state index in [-0.39, 0.29) is 12.0 Å². The molecule has 4 N–H and O–H groups in total. The van der Waals surface area contributed by atoms with Crippen LogP contribution in [0.5, 0.6) is 0 Å². The van der Waals surface area contributed by atoms with Gasteiger partial charge in [0, 0.05) is 7.05 Å². The fraction of sp³-hybridized carbons (Fsp3) is 0.875. The molecular weight excluding hydrogens is 220 g/mol. The highest BCUT2D eigenvalue weighted by molar-refractivity contribution is 8.14. The first kappa shape index (κ1) is 11.2. The first-order valence-corrected chi connectivity index (χ1v) is 5.60. The van der Waals surface area contributed by atoms with Gasteiger partial charge in [-0.2, -0.15) is 0 Å². The molecule has 15 heavy (non-hydrogen) atoms. The predicted molar refractivity (Wildman–Crippen MR) is 55.6 cm³/mol. The minimum atomic E-state index is -1.09. The summed E-state index contributed by atoms with van der Waals surface area (Å²) in [7, 11) is 1.73. The number of thioether (sulfide) groups is 1. The van der Waals surface area contributed by atoms with Gasteiger partial charge in [-0.3, -0.25) is 4.99 Å². The van der Waals surface area contributed by atoms with Crippen LogP contribution in [0.25, 0.3) is 0 Å². The zero-order chi connectivity index (χ0) is 11.0. The van der Waals surface area contributed by atoms with Crippen LogP contribution < -0.4 is 5.32 Å². The summed E-state index contributed by atoms with van der Waals surface area (Å²) < 4.78 is 5.42. The lowest BCUT2D eigenvalue weighted by atomic mass is 9.99. The fourth-order valence-corrected chi connectivity index (χ4v) is 2.78. The number of rotatable bonds is 1. The molecule has 0 aromatic heterocycles. The van der Waals surface area contributed by atoms with Crippen LogP contribution in [0.4, 0.5) is 0 Å². The first-order valence-electron chi connectivity index (χ1n) is 4.72. The van der Waals surface area contributed by atoms with Crippen molar-refractivity contribution in [3.8, 4) is 0 Å². The van der Waals surface area contributed by atoms with Crippen molar-refractivity contribution in [2.24, 2.45) is 4.99 Å². The fourth-order valence-electron chi connectivity index (χ4n) is 1.70. The summed E-state index contributed by atoms with van der Waals surface area (Å²) in [5.41, 5.74) is -0.331. The molecule has 86 valence electrons. The van der Waals surface area contributed by atoms with E-state index in [1.165, 1.54) is 11.8 Å². The predicted octanol–water partition coefficient (Wildman–Crippen LogP) is -1.88. The molecule has 2 heterocycles. The van der Waals surface area contributed by atoms with Crippen molar-refractivity contribution in [3.63, 3.8) is 0 Å². The van der Waals surface area contributed by atoms with Gasteiger partial charge in [0.15, 0.2) is 5.17 Å². The van der Waals surface area contributed by atoms with E-state index in [0.29, 0.717) is 5.17 Å². The Morgan fingerprint density at radius 1 is 1.47 bits per heavy atom. The zero-order valence-electron chi connectivity index (χ0n) is 8.20. The number of nitrogens with zero attached hydrogens (tertiary/aromatic N) is 1. The summed E-state index contributed by atoms with van der Waals surface area (Å²) in [5.74, 6) is 0. The Morgan fingerprint density at radius 3 is 2.80 bits per heavy atom. The summed E-state index contributed by atoms with van der Waals surface area (Å²) in [4.78, 5) is 4.18. The molecule has 2 rings (SSSR count). The van der Waals surface area contributed by atoms with Crippen LogP contribution in [0, 0.1) is 0 Å². The largest absolute Gasteiger partial charge is 0.394 e. The molecule has 1 unspecified atom stereocenters. The maximum Gasteiger partial charge on any atom is 0.159 e. The van der Waals surface area contributed by atoms with E-state index in [0.717, 1.165) is 0 Å². The summed E-state index contributed by atoms with van der Waals surface area (Å²) in [6, 6.07) is -0.463. The van der Waals surface area contributed by atoms with Gasteiger partial charge in [0.05, 0.1) is 6.61 Å². The Hall–Kier alpha value is -0.340. The average Bonchev–Trinajstić information content (AvgIpc) is 2.66. The Morgan fingerprint density at radius 2 is 2.20 bits per heavy atom. The van der Waals surface area contributed by atoms with Gasteiger partial charge in [0.25, 0.3) is 0 Å². The second kappa shape index (κ2) is 4.26. The van der Waals surface area contributed by atoms with Crippen LogP contribution in [-0.4, -0.2) is 63.9 Å². The van der Waals surface area contributed by atoms with E-state index in [1.807, 2.05) is 0 Å². The van der Waals surface area contributed by atoms with Gasteiger partial charge in [-0.25, -0.2) is 0 Å². The molecule has 0 spiro atoms. The number of aliphatic hydroxyl groups is 3. The Bertz CT molecular complexity index is 275. The molecule has 2 aliphatic rings. The number of ether oxygens (including phenoxy) is 1. The molecule has 0 radical (unpaired) electrons. The molecule has 0 aliphatic carbocycles. The van der Waals surface area contributed by atoms with Crippen LogP contribution in [0.3, 0.4) is 0 Å². The molecule has 1 saturated heterocycles. The van der Waals surface area contributed by atoms with E-state index >= 15 is 0 Å².